The molecule has 0 aromatic carbocycles. The number of esters is 1. The van der Waals surface area contributed by atoms with Crippen LogP contribution in [0.2, 0.25) is 0 Å². The number of hydrogen-bond acceptors (Lipinski definition) is 5. The molecule has 1 saturated heterocycles. The van der Waals surface area contributed by atoms with E-state index >= 15 is 0 Å². The van der Waals surface area contributed by atoms with E-state index in [9.17, 15) is 9.59 Å². The fraction of sp³-hybridized carbons (Fsp3) is 0.857. The third-order valence-corrected chi connectivity index (χ3v) is 3.76. The molecule has 0 aromatic heterocycles. The number of hydrogen-bond donors (Lipinski definition) is 1. The topological polar surface area (TPSA) is 66.8 Å². The highest BCUT2D eigenvalue weighted by molar-refractivity contribution is 6.03. The van der Waals surface area contributed by atoms with Crippen molar-refractivity contribution in [2.75, 3.05) is 32.8 Å². The van der Waals surface area contributed by atoms with Gasteiger partial charge in [0.05, 0.1) is 13.2 Å². The molecule has 0 amide bonds. The zero-order chi connectivity index (χ0) is 14.5. The van der Waals surface area contributed by atoms with Crippen molar-refractivity contribution in [3.8, 4) is 0 Å². The van der Waals surface area contributed by atoms with Crippen molar-refractivity contribution in [1.29, 1.82) is 0 Å². The molecule has 1 fully saturated rings. The molecule has 1 rings (SSSR count). The number of carbonyl (C=O) groups is 2. The lowest BCUT2D eigenvalue weighted by Crippen LogP contribution is -2.41. The van der Waals surface area contributed by atoms with Gasteiger partial charge in [-0.3, -0.25) is 14.5 Å². The van der Waals surface area contributed by atoms with Gasteiger partial charge in [-0.1, -0.05) is 0 Å². The standard InChI is InChI=1S/C14H25NO4/c1-4-19-13(18)14(2,3)12(17)10-15-7-5-11(9-15)6-8-16/h11,16H,4-10H2,1-3H3. The van der Waals surface area contributed by atoms with Crippen LogP contribution in [0, 0.1) is 11.3 Å². The number of ether oxygens (including phenoxy) is 1. The number of nitrogens with zero attached hydrogens (tertiary/aromatic N) is 1. The van der Waals surface area contributed by atoms with Crippen molar-refractivity contribution < 1.29 is 19.4 Å². The second kappa shape index (κ2) is 7.01. The number of aliphatic hydroxyl groups is 1. The molecule has 19 heavy (non-hydrogen) atoms. The van der Waals surface area contributed by atoms with Crippen LogP contribution in [0.4, 0.5) is 0 Å². The van der Waals surface area contributed by atoms with Crippen LogP contribution >= 0.6 is 0 Å². The number of likely N-dealkylation sites (tertiary alicyclic amines) is 1. The second-order valence-corrected chi connectivity index (χ2v) is 5.67. The van der Waals surface area contributed by atoms with E-state index in [1.807, 2.05) is 0 Å². The third kappa shape index (κ3) is 4.28. The highest BCUT2D eigenvalue weighted by Gasteiger charge is 2.38. The molecule has 0 aromatic rings. The molecular formula is C14H25NO4. The summed E-state index contributed by atoms with van der Waals surface area (Å²) in [5.74, 6) is -0.0924. The summed E-state index contributed by atoms with van der Waals surface area (Å²) in [5, 5.41) is 8.91. The van der Waals surface area contributed by atoms with Crippen LogP contribution in [0.25, 0.3) is 0 Å². The Morgan fingerprint density at radius 2 is 2.11 bits per heavy atom. The Kier molecular flexibility index (Phi) is 5.94. The Morgan fingerprint density at radius 3 is 2.68 bits per heavy atom. The average Bonchev–Trinajstić information content (AvgIpc) is 2.77. The molecule has 5 heteroatoms. The molecule has 0 saturated carbocycles. The maximum absolute atomic E-state index is 12.2. The molecule has 0 bridgehead atoms. The van der Waals surface area contributed by atoms with Crippen molar-refractivity contribution in [2.45, 2.75) is 33.6 Å². The molecular weight excluding hydrogens is 246 g/mol. The van der Waals surface area contributed by atoms with Crippen LogP contribution in [0.5, 0.6) is 0 Å². The minimum atomic E-state index is -1.08. The number of aliphatic hydroxyl groups excluding tert-OH is 1. The van der Waals surface area contributed by atoms with Crippen molar-refractivity contribution in [3.63, 3.8) is 0 Å². The first kappa shape index (κ1) is 16.1. The van der Waals surface area contributed by atoms with Crippen LogP contribution in [-0.2, 0) is 14.3 Å². The van der Waals surface area contributed by atoms with Gasteiger partial charge in [-0.2, -0.15) is 0 Å². The minimum absolute atomic E-state index is 0.101. The quantitative estimate of drug-likeness (QED) is 0.549. The second-order valence-electron chi connectivity index (χ2n) is 5.67. The first-order chi connectivity index (χ1) is 8.91. The summed E-state index contributed by atoms with van der Waals surface area (Å²) in [6, 6.07) is 0. The van der Waals surface area contributed by atoms with Gasteiger partial charge >= 0.3 is 5.97 Å². The van der Waals surface area contributed by atoms with Crippen LogP contribution in [0.15, 0.2) is 0 Å². The Bertz CT molecular complexity index is 327. The fourth-order valence-corrected chi connectivity index (χ4v) is 2.30. The summed E-state index contributed by atoms with van der Waals surface area (Å²) in [6.45, 7) is 7.43. The molecule has 110 valence electrons. The van der Waals surface area contributed by atoms with E-state index < -0.39 is 11.4 Å². The molecule has 0 spiro atoms. The molecule has 1 heterocycles. The molecule has 0 radical (unpaired) electrons. The van der Waals surface area contributed by atoms with Gasteiger partial charge in [0.25, 0.3) is 0 Å². The molecule has 1 unspecified atom stereocenters. The predicted octanol–water partition coefficient (Wildman–Crippen LogP) is 0.849. The lowest BCUT2D eigenvalue weighted by molar-refractivity contribution is -0.158. The van der Waals surface area contributed by atoms with Gasteiger partial charge in [0.2, 0.25) is 0 Å². The monoisotopic (exact) mass is 271 g/mol. The van der Waals surface area contributed by atoms with Gasteiger partial charge in [0, 0.05) is 13.2 Å². The van der Waals surface area contributed by atoms with Crippen LogP contribution in [-0.4, -0.2) is 54.6 Å². The summed E-state index contributed by atoms with van der Waals surface area (Å²) in [6.07, 6.45) is 1.79. The summed E-state index contributed by atoms with van der Waals surface area (Å²) < 4.78 is 4.94. The average molecular weight is 271 g/mol. The third-order valence-electron chi connectivity index (χ3n) is 3.76. The first-order valence-electron chi connectivity index (χ1n) is 6.95. The van der Waals surface area contributed by atoms with Gasteiger partial charge in [-0.15, -0.1) is 0 Å². The SMILES string of the molecule is CCOC(=O)C(C)(C)C(=O)CN1CCC(CCO)C1. The Balaban J connectivity index is 2.49. The van der Waals surface area contributed by atoms with Gasteiger partial charge in [0.15, 0.2) is 5.78 Å². The molecule has 1 atom stereocenters. The van der Waals surface area contributed by atoms with Crippen molar-refractivity contribution in [3.05, 3.63) is 0 Å². The smallest absolute Gasteiger partial charge is 0.319 e. The Hall–Kier alpha value is -0.940. The van der Waals surface area contributed by atoms with E-state index in [1.165, 1.54) is 0 Å². The minimum Gasteiger partial charge on any atom is -0.465 e. The number of rotatable bonds is 7. The number of carbonyl (C=O) groups excluding carboxylic acids is 2. The predicted molar refractivity (Wildman–Crippen MR) is 71.7 cm³/mol. The lowest BCUT2D eigenvalue weighted by atomic mass is 9.88. The normalized spacial score (nSPS) is 20.5. The van der Waals surface area contributed by atoms with E-state index in [-0.39, 0.29) is 25.5 Å². The van der Waals surface area contributed by atoms with Gasteiger partial charge < -0.3 is 9.84 Å². The maximum atomic E-state index is 12.2. The molecule has 1 N–H and O–H groups in total. The molecule has 5 nitrogen and oxygen atoms in total. The summed E-state index contributed by atoms with van der Waals surface area (Å²) in [4.78, 5) is 26.0. The fourth-order valence-electron chi connectivity index (χ4n) is 2.30. The zero-order valence-electron chi connectivity index (χ0n) is 12.1. The maximum Gasteiger partial charge on any atom is 0.319 e. The highest BCUT2D eigenvalue weighted by Crippen LogP contribution is 2.23. The van der Waals surface area contributed by atoms with Crippen LogP contribution in [0.3, 0.4) is 0 Å². The summed E-state index contributed by atoms with van der Waals surface area (Å²) >= 11 is 0. The molecule has 0 aliphatic carbocycles. The van der Waals surface area contributed by atoms with E-state index in [0.29, 0.717) is 5.92 Å². The largest absolute Gasteiger partial charge is 0.465 e. The summed E-state index contributed by atoms with van der Waals surface area (Å²) in [7, 11) is 0. The van der Waals surface area contributed by atoms with E-state index in [0.717, 1.165) is 25.9 Å². The lowest BCUT2D eigenvalue weighted by Gasteiger charge is -2.24. The van der Waals surface area contributed by atoms with Gasteiger partial charge in [0.1, 0.15) is 5.41 Å². The molecule has 1 aliphatic rings. The van der Waals surface area contributed by atoms with E-state index in [2.05, 4.69) is 4.90 Å². The van der Waals surface area contributed by atoms with E-state index in [4.69, 9.17) is 9.84 Å². The Morgan fingerprint density at radius 1 is 1.42 bits per heavy atom. The van der Waals surface area contributed by atoms with Crippen molar-refractivity contribution in [1.82, 2.24) is 4.90 Å². The van der Waals surface area contributed by atoms with Crippen LogP contribution in [0.1, 0.15) is 33.6 Å². The van der Waals surface area contributed by atoms with Gasteiger partial charge in [-0.25, -0.2) is 0 Å². The van der Waals surface area contributed by atoms with Crippen molar-refractivity contribution in [2.24, 2.45) is 11.3 Å². The summed E-state index contributed by atoms with van der Waals surface area (Å²) in [5.41, 5.74) is -1.08. The Labute approximate surface area is 114 Å². The van der Waals surface area contributed by atoms with E-state index in [1.54, 1.807) is 20.8 Å². The highest BCUT2D eigenvalue weighted by atomic mass is 16.5. The van der Waals surface area contributed by atoms with Crippen molar-refractivity contribution >= 4 is 11.8 Å². The number of ketones is 1. The van der Waals surface area contributed by atoms with Crippen LogP contribution < -0.4 is 0 Å². The first-order valence-corrected chi connectivity index (χ1v) is 6.95. The number of Topliss-reactive ketones (excluding diaryl/α,β-unsaturated/α-hetero) is 1. The van der Waals surface area contributed by atoms with Gasteiger partial charge in [-0.05, 0) is 46.1 Å². The molecule has 1 aliphatic heterocycles. The zero-order valence-corrected chi connectivity index (χ0v) is 12.1.